The van der Waals surface area contributed by atoms with Crippen molar-refractivity contribution >= 4 is 17.9 Å². The molecular weight excluding hydrogens is 320 g/mol. The molecule has 1 aromatic heterocycles. The van der Waals surface area contributed by atoms with Crippen molar-refractivity contribution in [2.75, 3.05) is 0 Å². The van der Waals surface area contributed by atoms with Gasteiger partial charge >= 0.3 is 0 Å². The number of Topliss-reactive ketones (excluding diaryl/α,β-unsaturated/α-hetero) is 2. The van der Waals surface area contributed by atoms with Crippen LogP contribution in [0.4, 0.5) is 0 Å². The van der Waals surface area contributed by atoms with Crippen LogP contribution in [-0.4, -0.2) is 27.8 Å². The fourth-order valence-corrected chi connectivity index (χ4v) is 2.22. The summed E-state index contributed by atoms with van der Waals surface area (Å²) in [7, 11) is 0. The Labute approximate surface area is 143 Å². The van der Waals surface area contributed by atoms with Crippen molar-refractivity contribution < 1.29 is 19.1 Å². The molecule has 3 rings (SSSR count). The van der Waals surface area contributed by atoms with Crippen LogP contribution in [0.5, 0.6) is 11.5 Å². The van der Waals surface area contributed by atoms with Gasteiger partial charge in [0.05, 0.1) is 0 Å². The van der Waals surface area contributed by atoms with Gasteiger partial charge in [0.15, 0.2) is 6.29 Å². The van der Waals surface area contributed by atoms with Crippen LogP contribution in [-0.2, 0) is 9.59 Å². The van der Waals surface area contributed by atoms with Crippen molar-refractivity contribution in [3.05, 3.63) is 72.8 Å². The molecule has 0 aliphatic carbocycles. The monoisotopic (exact) mass is 332 g/mol. The number of aromatic nitrogens is 2. The van der Waals surface area contributed by atoms with Gasteiger partial charge in [-0.05, 0) is 29.8 Å². The molecule has 0 unspecified atom stereocenters. The maximum atomic E-state index is 12.0. The second-order valence-electron chi connectivity index (χ2n) is 5.04. The maximum absolute atomic E-state index is 12.0. The van der Waals surface area contributed by atoms with Crippen LogP contribution >= 0.6 is 0 Å². The topological polar surface area (TPSA) is 86.2 Å². The number of hydrogen-bond acceptors (Lipinski definition) is 6. The van der Waals surface area contributed by atoms with Crippen LogP contribution in [0.2, 0.25) is 0 Å². The van der Waals surface area contributed by atoms with Gasteiger partial charge in [0, 0.05) is 11.8 Å². The lowest BCUT2D eigenvalue weighted by Crippen LogP contribution is -2.17. The van der Waals surface area contributed by atoms with Gasteiger partial charge in [0.2, 0.25) is 0 Å². The molecule has 25 heavy (non-hydrogen) atoms. The number of aldehydes is 1. The first-order valence-electron chi connectivity index (χ1n) is 7.36. The predicted molar refractivity (Wildman–Crippen MR) is 89.4 cm³/mol. The van der Waals surface area contributed by atoms with Gasteiger partial charge in [-0.2, -0.15) is 0 Å². The number of carbonyl (C=O) groups is 3. The van der Waals surface area contributed by atoms with Gasteiger partial charge < -0.3 is 4.74 Å². The number of ketones is 2. The molecule has 2 aromatic carbocycles. The Morgan fingerprint density at radius 3 is 2.28 bits per heavy atom. The van der Waals surface area contributed by atoms with Gasteiger partial charge in [0.1, 0.15) is 23.5 Å². The Hall–Kier alpha value is -3.67. The SMILES string of the molecule is O=CC(=O)C(=O)c1ncncc1-c1ccc(Oc2ccccc2)cc1. The zero-order chi connectivity index (χ0) is 17.6. The molecule has 122 valence electrons. The molecule has 6 nitrogen and oxygen atoms in total. The van der Waals surface area contributed by atoms with Crippen LogP contribution in [0, 0.1) is 0 Å². The molecule has 0 radical (unpaired) electrons. The summed E-state index contributed by atoms with van der Waals surface area (Å²) in [5.74, 6) is -0.796. The van der Waals surface area contributed by atoms with Gasteiger partial charge in [-0.3, -0.25) is 14.4 Å². The molecule has 0 atom stereocenters. The largest absolute Gasteiger partial charge is 0.457 e. The predicted octanol–water partition coefficient (Wildman–Crippen LogP) is 2.89. The first-order valence-corrected chi connectivity index (χ1v) is 7.36. The fraction of sp³-hybridized carbons (Fsp3) is 0. The number of rotatable bonds is 6. The molecule has 0 aliphatic heterocycles. The second kappa shape index (κ2) is 7.27. The molecule has 0 amide bonds. The van der Waals surface area contributed by atoms with Gasteiger partial charge in [-0.1, -0.05) is 30.3 Å². The molecule has 0 fully saturated rings. The van der Waals surface area contributed by atoms with Crippen LogP contribution in [0.25, 0.3) is 11.1 Å². The summed E-state index contributed by atoms with van der Waals surface area (Å²) in [6, 6.07) is 16.2. The Morgan fingerprint density at radius 2 is 1.60 bits per heavy atom. The molecular formula is C19H12N2O4. The molecule has 0 aliphatic rings. The van der Waals surface area contributed by atoms with Crippen molar-refractivity contribution in [1.29, 1.82) is 0 Å². The third-order valence-electron chi connectivity index (χ3n) is 3.40. The van der Waals surface area contributed by atoms with Crippen LogP contribution in [0.1, 0.15) is 10.5 Å². The minimum Gasteiger partial charge on any atom is -0.457 e. The number of nitrogens with zero attached hydrogens (tertiary/aromatic N) is 2. The number of benzene rings is 2. The second-order valence-corrected chi connectivity index (χ2v) is 5.04. The third-order valence-corrected chi connectivity index (χ3v) is 3.40. The lowest BCUT2D eigenvalue weighted by molar-refractivity contribution is -0.126. The molecule has 0 bridgehead atoms. The molecule has 6 heteroatoms. The molecule has 0 saturated carbocycles. The van der Waals surface area contributed by atoms with Gasteiger partial charge in [-0.15, -0.1) is 0 Å². The van der Waals surface area contributed by atoms with Crippen molar-refractivity contribution in [2.45, 2.75) is 0 Å². The summed E-state index contributed by atoms with van der Waals surface area (Å²) >= 11 is 0. The highest BCUT2D eigenvalue weighted by atomic mass is 16.5. The van der Waals surface area contributed by atoms with E-state index in [4.69, 9.17) is 4.74 Å². The van der Waals surface area contributed by atoms with E-state index in [2.05, 4.69) is 9.97 Å². The third kappa shape index (κ3) is 3.64. The van der Waals surface area contributed by atoms with E-state index in [0.717, 1.165) is 6.33 Å². The number of para-hydroxylation sites is 1. The van der Waals surface area contributed by atoms with Crippen molar-refractivity contribution in [2.24, 2.45) is 0 Å². The van der Waals surface area contributed by atoms with Crippen LogP contribution in [0.3, 0.4) is 0 Å². The number of hydrogen-bond donors (Lipinski definition) is 0. The highest BCUT2D eigenvalue weighted by Gasteiger charge is 2.21. The summed E-state index contributed by atoms with van der Waals surface area (Å²) in [6.45, 7) is 0. The van der Waals surface area contributed by atoms with Crippen LogP contribution in [0.15, 0.2) is 67.1 Å². The fourth-order valence-electron chi connectivity index (χ4n) is 2.22. The van der Waals surface area contributed by atoms with E-state index in [1.165, 1.54) is 6.20 Å². The first kappa shape index (κ1) is 16.2. The highest BCUT2D eigenvalue weighted by Crippen LogP contribution is 2.27. The van der Waals surface area contributed by atoms with Crippen molar-refractivity contribution in [1.82, 2.24) is 9.97 Å². The quantitative estimate of drug-likeness (QED) is 0.298. The Balaban J connectivity index is 1.89. The molecule has 0 N–H and O–H groups in total. The average molecular weight is 332 g/mol. The number of ether oxygens (including phenoxy) is 1. The standard InChI is InChI=1S/C19H12N2O4/c22-11-17(23)19(24)18-16(10-20-12-21-18)13-6-8-15(9-7-13)25-14-4-2-1-3-5-14/h1-12H. The molecule has 1 heterocycles. The van der Waals surface area contributed by atoms with Crippen molar-refractivity contribution in [3.8, 4) is 22.6 Å². The molecule has 0 saturated heterocycles. The first-order chi connectivity index (χ1) is 12.2. The summed E-state index contributed by atoms with van der Waals surface area (Å²) in [5, 5.41) is 0. The normalized spacial score (nSPS) is 10.1. The zero-order valence-electron chi connectivity index (χ0n) is 13.0. The number of carbonyl (C=O) groups excluding carboxylic acids is 3. The Morgan fingerprint density at radius 1 is 0.920 bits per heavy atom. The average Bonchev–Trinajstić information content (AvgIpc) is 2.68. The van der Waals surface area contributed by atoms with E-state index < -0.39 is 11.6 Å². The van der Waals surface area contributed by atoms with E-state index in [0.29, 0.717) is 22.6 Å². The summed E-state index contributed by atoms with van der Waals surface area (Å²) in [5.41, 5.74) is 0.890. The summed E-state index contributed by atoms with van der Waals surface area (Å²) in [4.78, 5) is 41.6. The summed E-state index contributed by atoms with van der Waals surface area (Å²) in [6.07, 6.45) is 2.55. The van der Waals surface area contributed by atoms with Gasteiger partial charge in [-0.25, -0.2) is 9.97 Å². The van der Waals surface area contributed by atoms with Crippen molar-refractivity contribution in [3.63, 3.8) is 0 Å². The van der Waals surface area contributed by atoms with E-state index >= 15 is 0 Å². The van der Waals surface area contributed by atoms with Gasteiger partial charge in [0.25, 0.3) is 11.6 Å². The maximum Gasteiger partial charge on any atom is 0.267 e. The van der Waals surface area contributed by atoms with E-state index in [9.17, 15) is 14.4 Å². The minimum absolute atomic E-state index is 0.0228. The molecule has 0 spiro atoms. The zero-order valence-corrected chi connectivity index (χ0v) is 13.0. The van der Waals surface area contributed by atoms with Crippen LogP contribution < -0.4 is 4.74 Å². The highest BCUT2D eigenvalue weighted by molar-refractivity contribution is 6.61. The Bertz CT molecular complexity index is 922. The lowest BCUT2D eigenvalue weighted by Gasteiger charge is -2.08. The van der Waals surface area contributed by atoms with E-state index in [-0.39, 0.29) is 12.0 Å². The Kier molecular flexibility index (Phi) is 4.71. The lowest BCUT2D eigenvalue weighted by atomic mass is 10.0. The summed E-state index contributed by atoms with van der Waals surface area (Å²) < 4.78 is 5.70. The van der Waals surface area contributed by atoms with E-state index in [1.54, 1.807) is 24.3 Å². The smallest absolute Gasteiger partial charge is 0.267 e. The molecule has 3 aromatic rings. The minimum atomic E-state index is -1.15. The van der Waals surface area contributed by atoms with E-state index in [1.807, 2.05) is 30.3 Å².